The van der Waals surface area contributed by atoms with Gasteiger partial charge in [-0.25, -0.2) is 0 Å². The molecule has 0 aliphatic carbocycles. The second kappa shape index (κ2) is 29.2. The summed E-state index contributed by atoms with van der Waals surface area (Å²) in [6.45, 7) is 4.19. The average Bonchev–Trinajstić information content (AvgIpc) is 2.97. The van der Waals surface area contributed by atoms with Gasteiger partial charge in [-0.15, -0.1) is 0 Å². The van der Waals surface area contributed by atoms with E-state index in [4.69, 9.17) is 18.5 Å². The minimum atomic E-state index is -4.60. The zero-order chi connectivity index (χ0) is 33.7. The van der Waals surface area contributed by atoms with E-state index < -0.39 is 26.5 Å². The van der Waals surface area contributed by atoms with Crippen LogP contribution < -0.4 is 4.89 Å². The van der Waals surface area contributed by atoms with Crippen LogP contribution in [0.15, 0.2) is 0 Å². The lowest BCUT2D eigenvalue weighted by molar-refractivity contribution is -0.870. The van der Waals surface area contributed by atoms with Gasteiger partial charge in [-0.1, -0.05) is 136 Å². The zero-order valence-corrected chi connectivity index (χ0v) is 30.7. The van der Waals surface area contributed by atoms with Crippen molar-refractivity contribution in [3.8, 4) is 0 Å². The molecule has 0 saturated carbocycles. The van der Waals surface area contributed by atoms with Gasteiger partial charge in [-0.3, -0.25) is 14.2 Å². The topological polar surface area (TPSA) is 111 Å². The standard InChI is InChI=1S/C35H70NO8P/c1-6-8-10-12-14-16-18-20-21-23-25-27-34(37)41-31-33(32-43-45(39,40)42-30-29-36(3,4)5)44-35(38)28-26-24-22-19-17-15-13-11-9-7-2/h33H,6-32H2,1-5H3. The molecule has 2 atom stereocenters. The number of phosphoric ester groups is 1. The number of esters is 2. The molecule has 0 saturated heterocycles. The zero-order valence-electron chi connectivity index (χ0n) is 29.8. The van der Waals surface area contributed by atoms with Crippen molar-refractivity contribution in [3.05, 3.63) is 0 Å². The van der Waals surface area contributed by atoms with Crippen molar-refractivity contribution in [3.63, 3.8) is 0 Å². The van der Waals surface area contributed by atoms with Gasteiger partial charge < -0.3 is 27.9 Å². The van der Waals surface area contributed by atoms with Crippen molar-refractivity contribution in [2.24, 2.45) is 0 Å². The first-order valence-corrected chi connectivity index (χ1v) is 19.7. The lowest BCUT2D eigenvalue weighted by atomic mass is 10.1. The molecule has 0 aliphatic rings. The molecule has 0 fully saturated rings. The quantitative estimate of drug-likeness (QED) is 0.0297. The third kappa shape index (κ3) is 32.7. The summed E-state index contributed by atoms with van der Waals surface area (Å²) in [6, 6.07) is 0. The molecule has 0 aliphatic heterocycles. The lowest BCUT2D eigenvalue weighted by Gasteiger charge is -2.28. The van der Waals surface area contributed by atoms with E-state index in [0.29, 0.717) is 17.4 Å². The van der Waals surface area contributed by atoms with E-state index in [9.17, 15) is 19.0 Å². The molecule has 45 heavy (non-hydrogen) atoms. The van der Waals surface area contributed by atoms with Crippen molar-refractivity contribution >= 4 is 19.8 Å². The molecule has 0 aromatic heterocycles. The van der Waals surface area contributed by atoms with E-state index in [1.807, 2.05) is 21.1 Å². The summed E-state index contributed by atoms with van der Waals surface area (Å²) in [6.07, 6.45) is 24.1. The Morgan fingerprint density at radius 1 is 0.600 bits per heavy atom. The summed E-state index contributed by atoms with van der Waals surface area (Å²) in [5.74, 6) is -0.831. The van der Waals surface area contributed by atoms with Crippen molar-refractivity contribution in [2.45, 2.75) is 168 Å². The van der Waals surface area contributed by atoms with Crippen LogP contribution in [0.3, 0.4) is 0 Å². The van der Waals surface area contributed by atoms with Crippen molar-refractivity contribution in [2.75, 3.05) is 47.5 Å². The molecule has 0 aromatic carbocycles. The van der Waals surface area contributed by atoms with E-state index in [1.54, 1.807) is 0 Å². The summed E-state index contributed by atoms with van der Waals surface area (Å²) in [5.41, 5.74) is 0. The monoisotopic (exact) mass is 663 g/mol. The number of hydrogen-bond acceptors (Lipinski definition) is 8. The van der Waals surface area contributed by atoms with Gasteiger partial charge in [0, 0.05) is 12.8 Å². The highest BCUT2D eigenvalue weighted by molar-refractivity contribution is 7.45. The molecule has 0 heterocycles. The van der Waals surface area contributed by atoms with E-state index in [-0.39, 0.29) is 32.0 Å². The Labute approximate surface area is 276 Å². The predicted octanol–water partition coefficient (Wildman–Crippen LogP) is 8.66. The summed E-state index contributed by atoms with van der Waals surface area (Å²) >= 11 is 0. The molecule has 0 aromatic rings. The fourth-order valence-corrected chi connectivity index (χ4v) is 5.68. The first-order chi connectivity index (χ1) is 21.5. The van der Waals surface area contributed by atoms with Gasteiger partial charge in [0.15, 0.2) is 6.10 Å². The number of quaternary nitrogens is 1. The van der Waals surface area contributed by atoms with Crippen LogP contribution in [0.1, 0.15) is 162 Å². The number of likely N-dealkylation sites (N-methyl/N-ethyl adjacent to an activating group) is 1. The van der Waals surface area contributed by atoms with Gasteiger partial charge in [0.25, 0.3) is 7.82 Å². The van der Waals surface area contributed by atoms with Crippen LogP contribution >= 0.6 is 7.82 Å². The van der Waals surface area contributed by atoms with Crippen LogP contribution in [0.5, 0.6) is 0 Å². The van der Waals surface area contributed by atoms with Gasteiger partial charge in [-0.05, 0) is 12.8 Å². The Bertz CT molecular complexity index is 758. The molecular weight excluding hydrogens is 593 g/mol. The maximum atomic E-state index is 12.5. The maximum Gasteiger partial charge on any atom is 0.306 e. The van der Waals surface area contributed by atoms with Gasteiger partial charge in [-0.2, -0.15) is 0 Å². The Kier molecular flexibility index (Phi) is 28.5. The molecule has 9 nitrogen and oxygen atoms in total. The molecule has 0 rings (SSSR count). The maximum absolute atomic E-state index is 12.5. The molecule has 268 valence electrons. The predicted molar refractivity (Wildman–Crippen MR) is 181 cm³/mol. The first-order valence-electron chi connectivity index (χ1n) is 18.2. The molecule has 0 spiro atoms. The number of unbranched alkanes of at least 4 members (excludes halogenated alkanes) is 19. The normalized spacial score (nSPS) is 13.8. The minimum Gasteiger partial charge on any atom is -0.756 e. The fraction of sp³-hybridized carbons (Fsp3) is 0.943. The van der Waals surface area contributed by atoms with E-state index in [0.717, 1.165) is 32.1 Å². The number of ether oxygens (including phenoxy) is 2. The van der Waals surface area contributed by atoms with Crippen molar-refractivity contribution in [1.82, 2.24) is 0 Å². The highest BCUT2D eigenvalue weighted by Crippen LogP contribution is 2.38. The second-order valence-electron chi connectivity index (χ2n) is 13.6. The SMILES string of the molecule is CCCCCCCCCCCCCC(=O)OCC(COP(=O)([O-])OCC[N+](C)(C)C)OC(=O)CCCCCCCCCCCC. The van der Waals surface area contributed by atoms with Crippen LogP contribution in [-0.4, -0.2) is 70.0 Å². The van der Waals surface area contributed by atoms with Crippen LogP contribution in [0.25, 0.3) is 0 Å². The van der Waals surface area contributed by atoms with Gasteiger partial charge in [0.2, 0.25) is 0 Å². The number of carbonyl (C=O) groups is 2. The largest absolute Gasteiger partial charge is 0.756 e. The average molecular weight is 664 g/mol. The smallest absolute Gasteiger partial charge is 0.306 e. The fourth-order valence-electron chi connectivity index (χ4n) is 4.95. The number of hydrogen-bond donors (Lipinski definition) is 0. The van der Waals surface area contributed by atoms with E-state index in [2.05, 4.69) is 13.8 Å². The summed E-state index contributed by atoms with van der Waals surface area (Å²) in [7, 11) is 1.17. The Morgan fingerprint density at radius 2 is 1.00 bits per heavy atom. The molecule has 0 bridgehead atoms. The third-order valence-electron chi connectivity index (χ3n) is 7.88. The Morgan fingerprint density at radius 3 is 1.42 bits per heavy atom. The van der Waals surface area contributed by atoms with Crippen LogP contribution in [0.2, 0.25) is 0 Å². The van der Waals surface area contributed by atoms with Gasteiger partial charge in [0.1, 0.15) is 19.8 Å². The van der Waals surface area contributed by atoms with Crippen molar-refractivity contribution in [1.29, 1.82) is 0 Å². The Balaban J connectivity index is 4.45. The van der Waals surface area contributed by atoms with Crippen LogP contribution in [0.4, 0.5) is 0 Å². The van der Waals surface area contributed by atoms with E-state index in [1.165, 1.54) is 96.3 Å². The van der Waals surface area contributed by atoms with Crippen LogP contribution in [-0.2, 0) is 32.7 Å². The van der Waals surface area contributed by atoms with Crippen molar-refractivity contribution < 1.29 is 42.1 Å². The second-order valence-corrected chi connectivity index (χ2v) is 15.0. The highest BCUT2D eigenvalue weighted by Gasteiger charge is 2.21. The molecular formula is C35H70NO8P. The third-order valence-corrected chi connectivity index (χ3v) is 8.84. The van der Waals surface area contributed by atoms with Gasteiger partial charge in [0.05, 0.1) is 27.7 Å². The molecule has 0 N–H and O–H groups in total. The minimum absolute atomic E-state index is 0.0264. The van der Waals surface area contributed by atoms with E-state index >= 15 is 0 Å². The summed E-state index contributed by atoms with van der Waals surface area (Å²) < 4.78 is 33.6. The van der Waals surface area contributed by atoms with Crippen LogP contribution in [0, 0.1) is 0 Å². The lowest BCUT2D eigenvalue weighted by Crippen LogP contribution is -2.37. The molecule has 2 unspecified atom stereocenters. The highest BCUT2D eigenvalue weighted by atomic mass is 31.2. The molecule has 10 heteroatoms. The number of nitrogens with zero attached hydrogens (tertiary/aromatic N) is 1. The molecule has 0 amide bonds. The summed E-state index contributed by atoms with van der Waals surface area (Å²) in [5, 5.41) is 0. The summed E-state index contributed by atoms with van der Waals surface area (Å²) in [4.78, 5) is 37.2. The number of phosphoric acid groups is 1. The van der Waals surface area contributed by atoms with Gasteiger partial charge >= 0.3 is 11.9 Å². The Hall–Kier alpha value is -0.990. The molecule has 0 radical (unpaired) electrons. The number of rotatable bonds is 33. The number of carbonyl (C=O) groups excluding carboxylic acids is 2. The first kappa shape index (κ1) is 44.0.